The van der Waals surface area contributed by atoms with Gasteiger partial charge in [-0.15, -0.1) is 0 Å². The first-order valence-corrected chi connectivity index (χ1v) is 5.79. The number of benzene rings is 1. The number of nitrogens with two attached hydrogens (primary N) is 1. The lowest BCUT2D eigenvalue weighted by molar-refractivity contribution is -0.144. The van der Waals surface area contributed by atoms with Crippen LogP contribution >= 0.6 is 0 Å². The summed E-state index contributed by atoms with van der Waals surface area (Å²) in [5.74, 6) is -0.741. The van der Waals surface area contributed by atoms with E-state index in [-0.39, 0.29) is 11.5 Å². The van der Waals surface area contributed by atoms with Crippen LogP contribution < -0.4 is 15.2 Å². The number of methoxy groups -OCH3 is 2. The van der Waals surface area contributed by atoms with E-state index in [1.165, 1.54) is 20.3 Å². The highest BCUT2D eigenvalue weighted by Crippen LogP contribution is 2.35. The smallest absolute Gasteiger partial charge is 0.451 e. The van der Waals surface area contributed by atoms with Crippen LogP contribution in [0.2, 0.25) is 0 Å². The Hall–Kier alpha value is -2.51. The minimum atomic E-state index is -4.68. The largest absolute Gasteiger partial charge is 0.497 e. The van der Waals surface area contributed by atoms with Crippen LogP contribution in [0.4, 0.5) is 19.0 Å². The Morgan fingerprint density at radius 1 is 1.05 bits per heavy atom. The number of halogens is 3. The predicted molar refractivity (Wildman–Crippen MR) is 70.0 cm³/mol. The van der Waals surface area contributed by atoms with E-state index in [9.17, 15) is 13.2 Å². The zero-order valence-electron chi connectivity index (χ0n) is 11.2. The number of hydrogen-bond acceptors (Lipinski definition) is 5. The molecule has 0 spiro atoms. The van der Waals surface area contributed by atoms with Crippen LogP contribution in [0.25, 0.3) is 11.3 Å². The summed E-state index contributed by atoms with van der Waals surface area (Å²) in [6.45, 7) is 0. The second-order valence-electron chi connectivity index (χ2n) is 4.07. The van der Waals surface area contributed by atoms with Crippen LogP contribution in [0.3, 0.4) is 0 Å². The molecule has 21 heavy (non-hydrogen) atoms. The Labute approximate surface area is 118 Å². The van der Waals surface area contributed by atoms with Crippen molar-refractivity contribution >= 4 is 5.82 Å². The van der Waals surface area contributed by atoms with Crippen molar-refractivity contribution in [2.45, 2.75) is 6.18 Å². The highest BCUT2D eigenvalue weighted by atomic mass is 19.4. The highest BCUT2D eigenvalue weighted by Gasteiger charge is 2.35. The van der Waals surface area contributed by atoms with Crippen LogP contribution in [0, 0.1) is 0 Å². The van der Waals surface area contributed by atoms with E-state index < -0.39 is 12.0 Å². The number of ether oxygens (including phenoxy) is 2. The monoisotopic (exact) mass is 299 g/mol. The summed E-state index contributed by atoms with van der Waals surface area (Å²) in [5.41, 5.74) is 5.81. The average molecular weight is 299 g/mol. The van der Waals surface area contributed by atoms with Gasteiger partial charge in [0.05, 0.1) is 19.9 Å². The SMILES string of the molecule is COc1ccc(-c2cc(N)nc(C(F)(F)F)n2)c(OC)c1. The van der Waals surface area contributed by atoms with Crippen molar-refractivity contribution in [3.63, 3.8) is 0 Å². The van der Waals surface area contributed by atoms with Crippen molar-refractivity contribution < 1.29 is 22.6 Å². The Balaban J connectivity index is 2.59. The Morgan fingerprint density at radius 2 is 1.76 bits per heavy atom. The number of hydrogen-bond donors (Lipinski definition) is 1. The number of rotatable bonds is 3. The molecule has 0 saturated carbocycles. The second kappa shape index (κ2) is 5.47. The van der Waals surface area contributed by atoms with E-state index in [1.54, 1.807) is 18.2 Å². The standard InChI is InChI=1S/C13H12F3N3O2/c1-20-7-3-4-8(10(5-7)21-2)9-6-11(17)19-12(18-9)13(14,15)16/h3-6H,1-2H3,(H2,17,18,19). The molecule has 0 aliphatic rings. The van der Waals surface area contributed by atoms with Crippen LogP contribution in [0.15, 0.2) is 24.3 Å². The molecule has 5 nitrogen and oxygen atoms in total. The number of anilines is 1. The normalized spacial score (nSPS) is 11.3. The van der Waals surface area contributed by atoms with Gasteiger partial charge in [0, 0.05) is 17.7 Å². The molecule has 0 aliphatic carbocycles. The van der Waals surface area contributed by atoms with E-state index in [2.05, 4.69) is 9.97 Å². The first-order valence-electron chi connectivity index (χ1n) is 5.79. The van der Waals surface area contributed by atoms with E-state index in [1.807, 2.05) is 0 Å². The van der Waals surface area contributed by atoms with Gasteiger partial charge in [-0.2, -0.15) is 13.2 Å². The minimum Gasteiger partial charge on any atom is -0.497 e. The lowest BCUT2D eigenvalue weighted by Gasteiger charge is -2.12. The van der Waals surface area contributed by atoms with Gasteiger partial charge in [0.15, 0.2) is 0 Å². The second-order valence-corrected chi connectivity index (χ2v) is 4.07. The third kappa shape index (κ3) is 3.15. The fraction of sp³-hybridized carbons (Fsp3) is 0.231. The van der Waals surface area contributed by atoms with Gasteiger partial charge in [-0.1, -0.05) is 0 Å². The van der Waals surface area contributed by atoms with Gasteiger partial charge < -0.3 is 15.2 Å². The summed E-state index contributed by atoms with van der Waals surface area (Å²) < 4.78 is 48.4. The van der Waals surface area contributed by atoms with Crippen molar-refractivity contribution in [2.75, 3.05) is 20.0 Å². The van der Waals surface area contributed by atoms with Gasteiger partial charge in [0.1, 0.15) is 17.3 Å². The molecule has 8 heteroatoms. The number of nitrogen functional groups attached to an aromatic ring is 1. The molecular weight excluding hydrogens is 287 g/mol. The third-order valence-corrected chi connectivity index (χ3v) is 2.68. The van der Waals surface area contributed by atoms with E-state index in [0.717, 1.165) is 0 Å². The van der Waals surface area contributed by atoms with Gasteiger partial charge in [0.2, 0.25) is 5.82 Å². The molecule has 112 valence electrons. The van der Waals surface area contributed by atoms with Crippen LogP contribution in [-0.4, -0.2) is 24.2 Å². The number of nitrogens with zero attached hydrogens (tertiary/aromatic N) is 2. The predicted octanol–water partition coefficient (Wildman–Crippen LogP) is 2.76. The summed E-state index contributed by atoms with van der Waals surface area (Å²) in [7, 11) is 2.87. The van der Waals surface area contributed by atoms with E-state index in [4.69, 9.17) is 15.2 Å². The Bertz CT molecular complexity index is 660. The van der Waals surface area contributed by atoms with E-state index >= 15 is 0 Å². The molecule has 1 aromatic heterocycles. The van der Waals surface area contributed by atoms with Gasteiger partial charge in [0.25, 0.3) is 0 Å². The molecule has 2 rings (SSSR count). The molecule has 2 N–H and O–H groups in total. The molecule has 0 aliphatic heterocycles. The van der Waals surface area contributed by atoms with E-state index in [0.29, 0.717) is 17.1 Å². The van der Waals surface area contributed by atoms with Gasteiger partial charge >= 0.3 is 6.18 Å². The maximum atomic E-state index is 12.7. The lowest BCUT2D eigenvalue weighted by atomic mass is 10.1. The molecule has 0 fully saturated rings. The molecule has 0 atom stereocenters. The lowest BCUT2D eigenvalue weighted by Crippen LogP contribution is -2.13. The molecule has 0 unspecified atom stereocenters. The summed E-state index contributed by atoms with van der Waals surface area (Å²) in [6, 6.07) is 5.92. The summed E-state index contributed by atoms with van der Waals surface area (Å²) >= 11 is 0. The van der Waals surface area contributed by atoms with Crippen molar-refractivity contribution in [1.29, 1.82) is 0 Å². The molecule has 2 aromatic rings. The summed E-state index contributed by atoms with van der Waals surface area (Å²) in [6.07, 6.45) is -4.68. The van der Waals surface area contributed by atoms with Gasteiger partial charge in [-0.25, -0.2) is 9.97 Å². The van der Waals surface area contributed by atoms with Crippen LogP contribution in [-0.2, 0) is 6.18 Å². The fourth-order valence-corrected chi connectivity index (χ4v) is 1.74. The summed E-state index contributed by atoms with van der Waals surface area (Å²) in [5, 5.41) is 0. The Kier molecular flexibility index (Phi) is 3.88. The number of aromatic nitrogens is 2. The molecule has 0 amide bonds. The maximum absolute atomic E-state index is 12.7. The molecule has 1 aromatic carbocycles. The minimum absolute atomic E-state index is 0.0225. The number of alkyl halides is 3. The first kappa shape index (κ1) is 14.9. The van der Waals surface area contributed by atoms with Gasteiger partial charge in [-0.3, -0.25) is 0 Å². The molecule has 1 heterocycles. The van der Waals surface area contributed by atoms with Crippen LogP contribution in [0.1, 0.15) is 5.82 Å². The van der Waals surface area contributed by atoms with Crippen molar-refractivity contribution in [2.24, 2.45) is 0 Å². The zero-order valence-corrected chi connectivity index (χ0v) is 11.2. The summed E-state index contributed by atoms with van der Waals surface area (Å²) in [4.78, 5) is 6.70. The zero-order chi connectivity index (χ0) is 15.6. The molecule has 0 bridgehead atoms. The topological polar surface area (TPSA) is 70.3 Å². The van der Waals surface area contributed by atoms with Crippen molar-refractivity contribution in [3.05, 3.63) is 30.1 Å². The molecule has 0 radical (unpaired) electrons. The quantitative estimate of drug-likeness (QED) is 0.943. The molecular formula is C13H12F3N3O2. The van der Waals surface area contributed by atoms with Gasteiger partial charge in [-0.05, 0) is 12.1 Å². The fourth-order valence-electron chi connectivity index (χ4n) is 1.74. The average Bonchev–Trinajstić information content (AvgIpc) is 2.45. The van der Waals surface area contributed by atoms with Crippen molar-refractivity contribution in [1.82, 2.24) is 9.97 Å². The highest BCUT2D eigenvalue weighted by molar-refractivity contribution is 5.70. The first-order chi connectivity index (χ1) is 9.85. The van der Waals surface area contributed by atoms with Crippen LogP contribution in [0.5, 0.6) is 11.5 Å². The maximum Gasteiger partial charge on any atom is 0.451 e. The molecule has 0 saturated heterocycles. The Morgan fingerprint density at radius 3 is 2.33 bits per heavy atom. The van der Waals surface area contributed by atoms with Crippen molar-refractivity contribution in [3.8, 4) is 22.8 Å². The third-order valence-electron chi connectivity index (χ3n) is 2.68.